The minimum atomic E-state index is -0.186. The van der Waals surface area contributed by atoms with Crippen molar-refractivity contribution in [3.05, 3.63) is 54.6 Å². The van der Waals surface area contributed by atoms with Gasteiger partial charge in [0, 0.05) is 22.2 Å². The molecule has 4 nitrogen and oxygen atoms in total. The lowest BCUT2D eigenvalue weighted by Crippen LogP contribution is -2.24. The molecule has 3 rings (SSSR count). The number of nitrogens with one attached hydrogen (secondary N) is 2. The summed E-state index contributed by atoms with van der Waals surface area (Å²) < 4.78 is 0. The maximum Gasteiger partial charge on any atom is 0.237 e. The van der Waals surface area contributed by atoms with E-state index in [9.17, 15) is 9.59 Å². The molecule has 1 unspecified atom stereocenters. The standard InChI is InChI=1S/C20H22N2O2S/c1-2-18(20(24)21-15-7-4-3-5-8-15)25-17-10-6-9-16(13-17)22-19(23)14-11-12-14/h3-10,13-14,18H,2,11-12H2,1H3,(H,21,24)(H,22,23). The monoisotopic (exact) mass is 354 g/mol. The van der Waals surface area contributed by atoms with Gasteiger partial charge in [0.1, 0.15) is 0 Å². The molecule has 25 heavy (non-hydrogen) atoms. The first-order chi connectivity index (χ1) is 12.2. The normalized spacial score (nSPS) is 14.6. The Morgan fingerprint density at radius 1 is 1.04 bits per heavy atom. The Kier molecular flexibility index (Phi) is 5.76. The topological polar surface area (TPSA) is 58.2 Å². The first-order valence-electron chi connectivity index (χ1n) is 8.59. The third kappa shape index (κ3) is 5.10. The zero-order chi connectivity index (χ0) is 17.6. The van der Waals surface area contributed by atoms with Gasteiger partial charge in [-0.05, 0) is 49.6 Å². The van der Waals surface area contributed by atoms with Crippen molar-refractivity contribution in [3.63, 3.8) is 0 Å². The molecule has 1 saturated carbocycles. The molecule has 1 aliphatic carbocycles. The van der Waals surface area contributed by atoms with E-state index in [4.69, 9.17) is 0 Å². The van der Waals surface area contributed by atoms with Gasteiger partial charge < -0.3 is 10.6 Å². The number of para-hydroxylation sites is 1. The van der Waals surface area contributed by atoms with E-state index in [1.807, 2.05) is 61.5 Å². The molecular weight excluding hydrogens is 332 g/mol. The number of hydrogen-bond donors (Lipinski definition) is 2. The molecule has 2 amide bonds. The molecule has 0 saturated heterocycles. The number of rotatable bonds is 7. The van der Waals surface area contributed by atoms with Crippen LogP contribution in [0.15, 0.2) is 59.5 Å². The van der Waals surface area contributed by atoms with Crippen molar-refractivity contribution in [2.45, 2.75) is 36.3 Å². The highest BCUT2D eigenvalue weighted by Crippen LogP contribution is 2.32. The van der Waals surface area contributed by atoms with Crippen LogP contribution in [0.2, 0.25) is 0 Å². The number of thioether (sulfide) groups is 1. The fourth-order valence-corrected chi connectivity index (χ4v) is 3.48. The van der Waals surface area contributed by atoms with E-state index in [0.29, 0.717) is 0 Å². The third-order valence-corrected chi connectivity index (χ3v) is 5.39. The van der Waals surface area contributed by atoms with Gasteiger partial charge in [-0.3, -0.25) is 9.59 Å². The molecule has 0 radical (unpaired) electrons. The maximum atomic E-state index is 12.5. The fourth-order valence-electron chi connectivity index (χ4n) is 2.47. The van der Waals surface area contributed by atoms with E-state index in [0.717, 1.165) is 35.5 Å². The molecule has 0 aliphatic heterocycles. The summed E-state index contributed by atoms with van der Waals surface area (Å²) in [7, 11) is 0. The van der Waals surface area contributed by atoms with E-state index in [-0.39, 0.29) is 23.0 Å². The highest BCUT2D eigenvalue weighted by Gasteiger charge is 2.29. The zero-order valence-corrected chi connectivity index (χ0v) is 15.0. The summed E-state index contributed by atoms with van der Waals surface area (Å²) >= 11 is 1.52. The van der Waals surface area contributed by atoms with Crippen molar-refractivity contribution in [2.24, 2.45) is 5.92 Å². The highest BCUT2D eigenvalue weighted by atomic mass is 32.2. The zero-order valence-electron chi connectivity index (χ0n) is 14.2. The number of anilines is 2. The quantitative estimate of drug-likeness (QED) is 0.718. The van der Waals surface area contributed by atoms with Gasteiger partial charge in [-0.25, -0.2) is 0 Å². The Morgan fingerprint density at radius 3 is 2.44 bits per heavy atom. The Hall–Kier alpha value is -2.27. The first kappa shape index (κ1) is 17.5. The smallest absolute Gasteiger partial charge is 0.237 e. The van der Waals surface area contributed by atoms with Gasteiger partial charge >= 0.3 is 0 Å². The van der Waals surface area contributed by atoms with E-state index in [1.165, 1.54) is 11.8 Å². The molecule has 1 aliphatic rings. The molecule has 0 spiro atoms. The molecule has 2 aromatic rings. The Bertz CT molecular complexity index is 744. The molecule has 0 heterocycles. The number of amides is 2. The predicted octanol–water partition coefficient (Wildman–Crippen LogP) is 4.54. The Balaban J connectivity index is 1.62. The van der Waals surface area contributed by atoms with Gasteiger partial charge in [0.15, 0.2) is 0 Å². The average Bonchev–Trinajstić information content (AvgIpc) is 3.46. The van der Waals surface area contributed by atoms with Crippen LogP contribution in [-0.2, 0) is 9.59 Å². The van der Waals surface area contributed by atoms with Gasteiger partial charge in [0.2, 0.25) is 11.8 Å². The van der Waals surface area contributed by atoms with Crippen LogP contribution in [-0.4, -0.2) is 17.1 Å². The number of carbonyl (C=O) groups excluding carboxylic acids is 2. The molecule has 1 fully saturated rings. The molecule has 2 aromatic carbocycles. The predicted molar refractivity (Wildman–Crippen MR) is 103 cm³/mol. The molecule has 1 atom stereocenters. The summed E-state index contributed by atoms with van der Waals surface area (Å²) in [5, 5.41) is 5.72. The first-order valence-corrected chi connectivity index (χ1v) is 9.47. The van der Waals surface area contributed by atoms with E-state index in [2.05, 4.69) is 10.6 Å². The second kappa shape index (κ2) is 8.21. The van der Waals surface area contributed by atoms with Gasteiger partial charge in [0.05, 0.1) is 5.25 Å². The number of carbonyl (C=O) groups is 2. The Labute approximate surface area is 152 Å². The summed E-state index contributed by atoms with van der Waals surface area (Å²) in [5.74, 6) is 0.262. The van der Waals surface area contributed by atoms with E-state index < -0.39 is 0 Å². The summed E-state index contributed by atoms with van der Waals surface area (Å²) in [4.78, 5) is 25.4. The fraction of sp³-hybridized carbons (Fsp3) is 0.300. The van der Waals surface area contributed by atoms with Crippen LogP contribution in [0.1, 0.15) is 26.2 Å². The van der Waals surface area contributed by atoms with Crippen molar-refractivity contribution >= 4 is 35.0 Å². The average molecular weight is 354 g/mol. The van der Waals surface area contributed by atoms with Crippen LogP contribution >= 0.6 is 11.8 Å². The van der Waals surface area contributed by atoms with Crippen molar-refractivity contribution < 1.29 is 9.59 Å². The summed E-state index contributed by atoms with van der Waals surface area (Å²) in [6.45, 7) is 2.00. The van der Waals surface area contributed by atoms with Crippen LogP contribution in [0.25, 0.3) is 0 Å². The van der Waals surface area contributed by atoms with Crippen molar-refractivity contribution in [1.29, 1.82) is 0 Å². The van der Waals surface area contributed by atoms with Crippen LogP contribution < -0.4 is 10.6 Å². The van der Waals surface area contributed by atoms with Crippen LogP contribution in [0.3, 0.4) is 0 Å². The minimum absolute atomic E-state index is 0.00822. The van der Waals surface area contributed by atoms with Crippen LogP contribution in [0.5, 0.6) is 0 Å². The van der Waals surface area contributed by atoms with Gasteiger partial charge in [-0.2, -0.15) is 0 Å². The van der Waals surface area contributed by atoms with Gasteiger partial charge in [0.25, 0.3) is 0 Å². The van der Waals surface area contributed by atoms with Gasteiger partial charge in [-0.15, -0.1) is 11.8 Å². The molecule has 2 N–H and O–H groups in total. The SMILES string of the molecule is CCC(Sc1cccc(NC(=O)C2CC2)c1)C(=O)Nc1ccccc1. The van der Waals surface area contributed by atoms with Crippen molar-refractivity contribution in [3.8, 4) is 0 Å². The molecule has 5 heteroatoms. The summed E-state index contributed by atoms with van der Waals surface area (Å²) in [5.41, 5.74) is 1.59. The van der Waals surface area contributed by atoms with Crippen molar-refractivity contribution in [1.82, 2.24) is 0 Å². The van der Waals surface area contributed by atoms with E-state index >= 15 is 0 Å². The lowest BCUT2D eigenvalue weighted by Gasteiger charge is -2.15. The lowest BCUT2D eigenvalue weighted by molar-refractivity contribution is -0.117. The van der Waals surface area contributed by atoms with Crippen LogP contribution in [0.4, 0.5) is 11.4 Å². The van der Waals surface area contributed by atoms with Crippen molar-refractivity contribution in [2.75, 3.05) is 10.6 Å². The number of benzene rings is 2. The maximum absolute atomic E-state index is 12.5. The summed E-state index contributed by atoms with van der Waals surface area (Å²) in [6.07, 6.45) is 2.69. The second-order valence-corrected chi connectivity index (χ2v) is 7.44. The molecule has 0 aromatic heterocycles. The Morgan fingerprint density at radius 2 is 1.76 bits per heavy atom. The largest absolute Gasteiger partial charge is 0.326 e. The molecule has 130 valence electrons. The number of hydrogen-bond acceptors (Lipinski definition) is 3. The lowest BCUT2D eigenvalue weighted by atomic mass is 10.3. The second-order valence-electron chi connectivity index (χ2n) is 6.16. The van der Waals surface area contributed by atoms with Gasteiger partial charge in [-0.1, -0.05) is 31.2 Å². The molecule has 0 bridgehead atoms. The molecular formula is C20H22N2O2S. The minimum Gasteiger partial charge on any atom is -0.326 e. The summed E-state index contributed by atoms with van der Waals surface area (Å²) in [6, 6.07) is 17.2. The highest BCUT2D eigenvalue weighted by molar-refractivity contribution is 8.00. The van der Waals surface area contributed by atoms with Crippen LogP contribution in [0, 0.1) is 5.92 Å². The third-order valence-electron chi connectivity index (χ3n) is 4.03. The van der Waals surface area contributed by atoms with E-state index in [1.54, 1.807) is 0 Å².